The van der Waals surface area contributed by atoms with E-state index < -0.39 is 5.41 Å². The van der Waals surface area contributed by atoms with Crippen molar-refractivity contribution in [2.75, 3.05) is 4.90 Å². The van der Waals surface area contributed by atoms with E-state index in [-0.39, 0.29) is 21.8 Å². The molecule has 2 fully saturated rings. The van der Waals surface area contributed by atoms with Crippen LogP contribution >= 0.6 is 0 Å². The van der Waals surface area contributed by atoms with Crippen LogP contribution in [-0.4, -0.2) is 5.54 Å². The number of para-hydroxylation sites is 2. The summed E-state index contributed by atoms with van der Waals surface area (Å²) in [5.41, 5.74) is 22.6. The third kappa shape index (κ3) is 5.67. The molecule has 362 valence electrons. The lowest BCUT2D eigenvalue weighted by Gasteiger charge is -2.50. The van der Waals surface area contributed by atoms with Crippen molar-refractivity contribution in [2.24, 2.45) is 5.41 Å². The van der Waals surface area contributed by atoms with Crippen molar-refractivity contribution in [1.82, 2.24) is 0 Å². The number of hydrogen-bond donors (Lipinski definition) is 0. The molecule has 10 aromatic rings. The van der Waals surface area contributed by atoms with Gasteiger partial charge in [-0.25, -0.2) is 0 Å². The van der Waals surface area contributed by atoms with Gasteiger partial charge in [0.2, 0.25) is 0 Å². The molecule has 0 radical (unpaired) electrons. The standard InChI is InChI=1S/C72H63NO/c1-68-39-19-20-41-70(68,3)66(47-23-9-5-10-24-47)57-43-50(34-37-58(57)68)56-46-61-64(65-55-31-17-18-32-63(55)74-67(56)65)54-36-33-48(44-59(54)72(61,51-25-11-6-12-26-51)52-27-13-7-14-28-52)49-35-38-62-60(45-49)69(2)40-21-22-42-71(69,4)73(62)53-29-15-8-16-30-53/h5-18,23-38,43-46,66H,19-22,39-42H2,1-4H3. The van der Waals surface area contributed by atoms with Crippen LogP contribution in [0.4, 0.5) is 11.4 Å². The first kappa shape index (κ1) is 44.1. The summed E-state index contributed by atoms with van der Waals surface area (Å²) >= 11 is 0. The molecule has 2 heteroatoms. The maximum absolute atomic E-state index is 7.26. The maximum atomic E-state index is 7.26. The van der Waals surface area contributed by atoms with E-state index in [0.29, 0.717) is 5.92 Å². The lowest BCUT2D eigenvalue weighted by Crippen LogP contribution is -2.54. The van der Waals surface area contributed by atoms with Crippen LogP contribution in [0.25, 0.3) is 55.3 Å². The zero-order chi connectivity index (χ0) is 49.6. The van der Waals surface area contributed by atoms with Crippen molar-refractivity contribution in [3.8, 4) is 33.4 Å². The van der Waals surface area contributed by atoms with Gasteiger partial charge in [-0.2, -0.15) is 0 Å². The van der Waals surface area contributed by atoms with E-state index in [1.54, 1.807) is 0 Å². The first-order valence-electron chi connectivity index (χ1n) is 27.6. The molecule has 5 aliphatic rings. The van der Waals surface area contributed by atoms with E-state index in [9.17, 15) is 0 Å². The van der Waals surface area contributed by atoms with Gasteiger partial charge in [0.05, 0.1) is 11.0 Å². The molecule has 0 amide bonds. The molecule has 15 rings (SSSR count). The molecule has 5 atom stereocenters. The minimum absolute atomic E-state index is 0.00763. The lowest BCUT2D eigenvalue weighted by atomic mass is 9.55. The van der Waals surface area contributed by atoms with Gasteiger partial charge >= 0.3 is 0 Å². The molecule has 0 saturated heterocycles. The number of benzene rings is 9. The third-order valence-corrected chi connectivity index (χ3v) is 20.5. The van der Waals surface area contributed by atoms with Crippen LogP contribution in [0.2, 0.25) is 0 Å². The fourth-order valence-electron chi connectivity index (χ4n) is 16.6. The molecule has 0 bridgehead atoms. The molecule has 4 aliphatic carbocycles. The molecular formula is C72H63NO. The van der Waals surface area contributed by atoms with Crippen LogP contribution < -0.4 is 4.90 Å². The highest BCUT2D eigenvalue weighted by Gasteiger charge is 2.60. The number of rotatable bonds is 6. The summed E-state index contributed by atoms with van der Waals surface area (Å²) in [6.07, 6.45) is 9.87. The summed E-state index contributed by atoms with van der Waals surface area (Å²) in [5.74, 6) is 0.301. The van der Waals surface area contributed by atoms with Crippen molar-refractivity contribution >= 4 is 33.3 Å². The topological polar surface area (TPSA) is 16.4 Å². The molecule has 9 aromatic carbocycles. The monoisotopic (exact) mass is 957 g/mol. The fourth-order valence-corrected chi connectivity index (χ4v) is 16.6. The zero-order valence-electron chi connectivity index (χ0n) is 43.2. The molecule has 2 nitrogen and oxygen atoms in total. The first-order valence-corrected chi connectivity index (χ1v) is 27.6. The number of fused-ring (bicyclic) bond motifs is 13. The average Bonchev–Trinajstić information content (AvgIpc) is 4.27. The van der Waals surface area contributed by atoms with Gasteiger partial charge in [0, 0.05) is 39.0 Å². The van der Waals surface area contributed by atoms with Crippen molar-refractivity contribution in [1.29, 1.82) is 0 Å². The quantitative estimate of drug-likeness (QED) is 0.165. The number of nitrogens with zero attached hydrogens (tertiary/aromatic N) is 1. The number of furan rings is 1. The molecular weight excluding hydrogens is 895 g/mol. The summed E-state index contributed by atoms with van der Waals surface area (Å²) in [4.78, 5) is 2.69. The molecule has 5 unspecified atom stereocenters. The highest BCUT2D eigenvalue weighted by atomic mass is 16.3. The number of hydrogen-bond acceptors (Lipinski definition) is 2. The van der Waals surface area contributed by atoms with E-state index in [1.165, 1.54) is 140 Å². The molecule has 74 heavy (non-hydrogen) atoms. The Labute approximate surface area is 436 Å². The molecule has 2 heterocycles. The summed E-state index contributed by atoms with van der Waals surface area (Å²) < 4.78 is 7.26. The summed E-state index contributed by atoms with van der Waals surface area (Å²) in [5, 5.41) is 2.36. The Bertz CT molecular complexity index is 3830. The largest absolute Gasteiger partial charge is 0.455 e. The smallest absolute Gasteiger partial charge is 0.143 e. The molecule has 1 aromatic heterocycles. The Balaban J connectivity index is 0.993. The Morgan fingerprint density at radius 1 is 0.459 bits per heavy atom. The van der Waals surface area contributed by atoms with Crippen LogP contribution in [0.15, 0.2) is 211 Å². The van der Waals surface area contributed by atoms with Gasteiger partial charge in [0.25, 0.3) is 0 Å². The second-order valence-corrected chi connectivity index (χ2v) is 23.7. The SMILES string of the molecule is CC12CCCCC1(C)C(c1ccccc1)c1cc(-c3cc4c(c5c3oc3ccccc35)-c3ccc(-c5ccc6c(c5)C5(C)CCCCC5(C)N6c5ccccc5)cc3C4(c3ccccc3)c3ccccc3)ccc12. The second kappa shape index (κ2) is 15.8. The van der Waals surface area contributed by atoms with E-state index in [2.05, 4.69) is 239 Å². The van der Waals surface area contributed by atoms with Crippen molar-refractivity contribution in [3.05, 3.63) is 251 Å². The molecule has 0 spiro atoms. The zero-order valence-corrected chi connectivity index (χ0v) is 43.2. The van der Waals surface area contributed by atoms with Gasteiger partial charge in [-0.05, 0) is 158 Å². The Morgan fingerprint density at radius 3 is 1.78 bits per heavy atom. The summed E-state index contributed by atoms with van der Waals surface area (Å²) in [6, 6.07) is 79.1. The summed E-state index contributed by atoms with van der Waals surface area (Å²) in [6.45, 7) is 10.3. The van der Waals surface area contributed by atoms with Crippen molar-refractivity contribution < 1.29 is 4.42 Å². The van der Waals surface area contributed by atoms with E-state index >= 15 is 0 Å². The van der Waals surface area contributed by atoms with Gasteiger partial charge in [-0.3, -0.25) is 0 Å². The Kier molecular flexibility index (Phi) is 9.41. The third-order valence-electron chi connectivity index (χ3n) is 20.5. The van der Waals surface area contributed by atoms with Crippen LogP contribution in [0.1, 0.15) is 129 Å². The highest BCUT2D eigenvalue weighted by Crippen LogP contribution is 2.68. The highest BCUT2D eigenvalue weighted by molar-refractivity contribution is 6.19. The lowest BCUT2D eigenvalue weighted by molar-refractivity contribution is 0.0923. The van der Waals surface area contributed by atoms with E-state index in [0.717, 1.165) is 22.1 Å². The van der Waals surface area contributed by atoms with E-state index in [4.69, 9.17) is 4.42 Å². The number of anilines is 2. The van der Waals surface area contributed by atoms with Crippen molar-refractivity contribution in [2.45, 2.75) is 107 Å². The van der Waals surface area contributed by atoms with Gasteiger partial charge in [-0.15, -0.1) is 0 Å². The van der Waals surface area contributed by atoms with Gasteiger partial charge in [0.15, 0.2) is 0 Å². The summed E-state index contributed by atoms with van der Waals surface area (Å²) in [7, 11) is 0. The minimum atomic E-state index is -0.640. The second-order valence-electron chi connectivity index (χ2n) is 23.7. The Morgan fingerprint density at radius 2 is 1.05 bits per heavy atom. The average molecular weight is 958 g/mol. The first-order chi connectivity index (χ1) is 36.2. The van der Waals surface area contributed by atoms with Crippen molar-refractivity contribution in [3.63, 3.8) is 0 Å². The normalized spacial score (nSPS) is 25.0. The van der Waals surface area contributed by atoms with E-state index in [1.807, 2.05) is 0 Å². The van der Waals surface area contributed by atoms with Gasteiger partial charge in [0.1, 0.15) is 11.2 Å². The fraction of sp³-hybridized carbons (Fsp3) is 0.250. The van der Waals surface area contributed by atoms with Crippen LogP contribution in [0, 0.1) is 5.41 Å². The minimum Gasteiger partial charge on any atom is -0.455 e. The predicted molar refractivity (Wildman–Crippen MR) is 307 cm³/mol. The Hall–Kier alpha value is -7.42. The predicted octanol–water partition coefficient (Wildman–Crippen LogP) is 19.0. The molecule has 2 saturated carbocycles. The van der Waals surface area contributed by atoms with Crippen LogP contribution in [-0.2, 0) is 16.2 Å². The molecule has 1 aliphatic heterocycles. The molecule has 0 N–H and O–H groups in total. The van der Waals surface area contributed by atoms with Crippen LogP contribution in [0.5, 0.6) is 0 Å². The maximum Gasteiger partial charge on any atom is 0.143 e. The van der Waals surface area contributed by atoms with Gasteiger partial charge < -0.3 is 9.32 Å². The van der Waals surface area contributed by atoms with Gasteiger partial charge in [-0.1, -0.05) is 210 Å². The van der Waals surface area contributed by atoms with Crippen LogP contribution in [0.3, 0.4) is 0 Å².